The predicted molar refractivity (Wildman–Crippen MR) is 56.2 cm³/mol. The van der Waals surface area contributed by atoms with Crippen molar-refractivity contribution in [2.75, 3.05) is 45.3 Å². The average Bonchev–Trinajstić information content (AvgIpc) is 2.17. The van der Waals surface area contributed by atoms with Crippen LogP contribution in [0.1, 0.15) is 6.92 Å². The number of rotatable bonds is 10. The molecule has 0 radical (unpaired) electrons. The molecule has 0 aromatic rings. The summed E-state index contributed by atoms with van der Waals surface area (Å²) in [4.78, 5) is 0. The lowest BCUT2D eigenvalue weighted by Gasteiger charge is -2.06. The number of aliphatic hydroxyl groups is 1. The maximum atomic E-state index is 11.2. The minimum absolute atomic E-state index is 0.0408. The van der Waals surface area contributed by atoms with E-state index in [1.54, 1.807) is 0 Å². The molecule has 0 fully saturated rings. The van der Waals surface area contributed by atoms with E-state index in [1.807, 2.05) is 6.92 Å². The monoisotopic (exact) mass is 241 g/mol. The molecule has 0 aliphatic rings. The van der Waals surface area contributed by atoms with Crippen LogP contribution in [0, 0.1) is 0 Å². The number of hydrogen-bond donors (Lipinski definition) is 2. The fourth-order valence-electron chi connectivity index (χ4n) is 0.821. The van der Waals surface area contributed by atoms with E-state index >= 15 is 0 Å². The Kier molecular flexibility index (Phi) is 8.92. The highest BCUT2D eigenvalue weighted by molar-refractivity contribution is 7.89. The van der Waals surface area contributed by atoms with E-state index < -0.39 is 10.0 Å². The highest BCUT2D eigenvalue weighted by Gasteiger charge is 2.08. The second-order valence-electron chi connectivity index (χ2n) is 2.75. The molecule has 0 spiro atoms. The number of hydrogen-bond acceptors (Lipinski definition) is 5. The van der Waals surface area contributed by atoms with Gasteiger partial charge in [0.25, 0.3) is 0 Å². The van der Waals surface area contributed by atoms with Crippen LogP contribution >= 0.6 is 0 Å². The van der Waals surface area contributed by atoms with E-state index in [4.69, 9.17) is 14.6 Å². The summed E-state index contributed by atoms with van der Waals surface area (Å²) in [5.74, 6) is -0.0408. The van der Waals surface area contributed by atoms with Gasteiger partial charge in [-0.25, -0.2) is 13.1 Å². The first-order valence-electron chi connectivity index (χ1n) is 4.86. The van der Waals surface area contributed by atoms with E-state index in [-0.39, 0.29) is 38.7 Å². The molecule has 0 rings (SSSR count). The molecular formula is C8H19NO5S. The van der Waals surface area contributed by atoms with Gasteiger partial charge < -0.3 is 14.6 Å². The van der Waals surface area contributed by atoms with E-state index in [1.165, 1.54) is 0 Å². The summed E-state index contributed by atoms with van der Waals surface area (Å²) in [6.07, 6.45) is 0. The van der Waals surface area contributed by atoms with Gasteiger partial charge in [0.15, 0.2) is 0 Å². The van der Waals surface area contributed by atoms with E-state index in [2.05, 4.69) is 4.72 Å². The van der Waals surface area contributed by atoms with E-state index in [9.17, 15) is 8.42 Å². The van der Waals surface area contributed by atoms with Crippen LogP contribution in [0.25, 0.3) is 0 Å². The largest absolute Gasteiger partial charge is 0.394 e. The van der Waals surface area contributed by atoms with Crippen molar-refractivity contribution >= 4 is 10.0 Å². The van der Waals surface area contributed by atoms with Crippen molar-refractivity contribution in [3.8, 4) is 0 Å². The Balaban J connectivity index is 3.47. The van der Waals surface area contributed by atoms with Crippen LogP contribution in [0.4, 0.5) is 0 Å². The van der Waals surface area contributed by atoms with Crippen LogP contribution < -0.4 is 4.72 Å². The second kappa shape index (κ2) is 9.05. The van der Waals surface area contributed by atoms with E-state index in [0.29, 0.717) is 6.61 Å². The van der Waals surface area contributed by atoms with Gasteiger partial charge in [0, 0.05) is 13.2 Å². The lowest BCUT2D eigenvalue weighted by molar-refractivity contribution is 0.0961. The molecule has 0 saturated heterocycles. The highest BCUT2D eigenvalue weighted by atomic mass is 32.2. The van der Waals surface area contributed by atoms with Gasteiger partial charge >= 0.3 is 0 Å². The van der Waals surface area contributed by atoms with Gasteiger partial charge in [-0.3, -0.25) is 0 Å². The van der Waals surface area contributed by atoms with Gasteiger partial charge in [-0.2, -0.15) is 0 Å². The smallest absolute Gasteiger partial charge is 0.213 e. The van der Waals surface area contributed by atoms with Crippen molar-refractivity contribution in [3.05, 3.63) is 0 Å². The first-order chi connectivity index (χ1) is 7.12. The molecule has 0 bridgehead atoms. The topological polar surface area (TPSA) is 84.9 Å². The lowest BCUT2D eigenvalue weighted by atomic mass is 10.7. The molecule has 0 amide bonds. The standard InChI is InChI=1S/C8H19NO5S/c1-2-13-7-8-15(11,12)9-3-5-14-6-4-10/h9-10H,2-8H2,1H3. The van der Waals surface area contributed by atoms with Crippen molar-refractivity contribution in [2.24, 2.45) is 0 Å². The fraction of sp³-hybridized carbons (Fsp3) is 1.00. The Morgan fingerprint density at radius 2 is 1.93 bits per heavy atom. The highest BCUT2D eigenvalue weighted by Crippen LogP contribution is 1.85. The van der Waals surface area contributed by atoms with Crippen LogP contribution in [-0.2, 0) is 19.5 Å². The molecule has 0 aromatic carbocycles. The minimum Gasteiger partial charge on any atom is -0.394 e. The summed E-state index contributed by atoms with van der Waals surface area (Å²) in [5.41, 5.74) is 0. The third kappa shape index (κ3) is 10.1. The normalized spacial score (nSPS) is 11.9. The maximum Gasteiger partial charge on any atom is 0.213 e. The molecule has 0 aliphatic heterocycles. The molecular weight excluding hydrogens is 222 g/mol. The Labute approximate surface area is 90.6 Å². The summed E-state index contributed by atoms with van der Waals surface area (Å²) in [6.45, 7) is 3.15. The molecule has 0 unspecified atom stereocenters. The Morgan fingerprint density at radius 3 is 2.53 bits per heavy atom. The molecule has 7 heteroatoms. The van der Waals surface area contributed by atoms with E-state index in [0.717, 1.165) is 0 Å². The summed E-state index contributed by atoms with van der Waals surface area (Å²) in [7, 11) is -3.26. The van der Waals surface area contributed by atoms with Crippen LogP contribution in [0.2, 0.25) is 0 Å². The average molecular weight is 241 g/mol. The lowest BCUT2D eigenvalue weighted by Crippen LogP contribution is -2.31. The van der Waals surface area contributed by atoms with Crippen LogP contribution in [0.15, 0.2) is 0 Å². The van der Waals surface area contributed by atoms with Crippen molar-refractivity contribution in [2.45, 2.75) is 6.92 Å². The van der Waals surface area contributed by atoms with Crippen molar-refractivity contribution in [1.29, 1.82) is 0 Å². The zero-order chi connectivity index (χ0) is 11.6. The molecule has 0 heterocycles. The molecule has 0 aliphatic carbocycles. The number of aliphatic hydroxyl groups excluding tert-OH is 1. The van der Waals surface area contributed by atoms with Crippen LogP contribution in [0.3, 0.4) is 0 Å². The molecule has 15 heavy (non-hydrogen) atoms. The number of ether oxygens (including phenoxy) is 2. The first kappa shape index (κ1) is 14.8. The van der Waals surface area contributed by atoms with Gasteiger partial charge in [0.05, 0.1) is 32.2 Å². The van der Waals surface area contributed by atoms with Crippen molar-refractivity contribution < 1.29 is 23.0 Å². The first-order valence-corrected chi connectivity index (χ1v) is 6.51. The number of nitrogens with one attached hydrogen (secondary N) is 1. The maximum absolute atomic E-state index is 11.2. The Bertz CT molecular complexity index is 229. The molecule has 6 nitrogen and oxygen atoms in total. The summed E-state index contributed by atoms with van der Waals surface area (Å²) < 4.78 is 34.7. The fourth-order valence-corrected chi connectivity index (χ4v) is 1.70. The van der Waals surface area contributed by atoms with Crippen molar-refractivity contribution in [3.63, 3.8) is 0 Å². The van der Waals surface area contributed by atoms with Crippen molar-refractivity contribution in [1.82, 2.24) is 4.72 Å². The molecule has 92 valence electrons. The van der Waals surface area contributed by atoms with Gasteiger partial charge in [-0.15, -0.1) is 0 Å². The number of sulfonamides is 1. The van der Waals surface area contributed by atoms with Gasteiger partial charge in [-0.1, -0.05) is 0 Å². The Hall–Kier alpha value is -0.210. The summed E-state index contributed by atoms with van der Waals surface area (Å²) in [6, 6.07) is 0. The predicted octanol–water partition coefficient (Wildman–Crippen LogP) is -1.05. The SMILES string of the molecule is CCOCCS(=O)(=O)NCCOCCO. The van der Waals surface area contributed by atoms with Gasteiger partial charge in [0.1, 0.15) is 0 Å². The molecule has 0 atom stereocenters. The zero-order valence-electron chi connectivity index (χ0n) is 8.94. The third-order valence-corrected chi connectivity index (χ3v) is 2.85. The molecule has 0 aromatic heterocycles. The Morgan fingerprint density at radius 1 is 1.20 bits per heavy atom. The molecule has 2 N–H and O–H groups in total. The van der Waals surface area contributed by atoms with Crippen LogP contribution in [0.5, 0.6) is 0 Å². The minimum atomic E-state index is -3.26. The quantitative estimate of drug-likeness (QED) is 0.477. The van der Waals surface area contributed by atoms with Gasteiger partial charge in [0.2, 0.25) is 10.0 Å². The summed E-state index contributed by atoms with van der Waals surface area (Å²) >= 11 is 0. The summed E-state index contributed by atoms with van der Waals surface area (Å²) in [5, 5.41) is 8.39. The molecule has 0 saturated carbocycles. The van der Waals surface area contributed by atoms with Gasteiger partial charge in [-0.05, 0) is 6.92 Å². The third-order valence-electron chi connectivity index (χ3n) is 1.50. The zero-order valence-corrected chi connectivity index (χ0v) is 9.75. The second-order valence-corrected chi connectivity index (χ2v) is 4.67. The van der Waals surface area contributed by atoms with Crippen LogP contribution in [-0.4, -0.2) is 58.9 Å².